The SMILES string of the molecule is C[C@@]1(NC(=O)C2=Cc3cc(Cl)ccc3OC2)CCS(=O)(=O)C1. The second-order valence-corrected chi connectivity index (χ2v) is 8.62. The molecule has 1 aromatic rings. The number of amides is 1. The van der Waals surface area contributed by atoms with Gasteiger partial charge in [0.15, 0.2) is 9.84 Å². The van der Waals surface area contributed by atoms with E-state index in [9.17, 15) is 13.2 Å². The minimum Gasteiger partial charge on any atom is -0.488 e. The van der Waals surface area contributed by atoms with Crippen LogP contribution in [0.5, 0.6) is 5.75 Å². The number of hydrogen-bond donors (Lipinski definition) is 1. The zero-order chi connectivity index (χ0) is 16.0. The fourth-order valence-corrected chi connectivity index (χ4v) is 5.02. The third kappa shape index (κ3) is 3.13. The minimum atomic E-state index is -3.07. The Morgan fingerprint density at radius 3 is 2.86 bits per heavy atom. The van der Waals surface area contributed by atoms with E-state index in [1.165, 1.54) is 0 Å². The van der Waals surface area contributed by atoms with Gasteiger partial charge in [0.25, 0.3) is 5.91 Å². The van der Waals surface area contributed by atoms with Crippen LogP contribution in [0.25, 0.3) is 6.08 Å². The van der Waals surface area contributed by atoms with Gasteiger partial charge in [-0.2, -0.15) is 0 Å². The van der Waals surface area contributed by atoms with Gasteiger partial charge in [0, 0.05) is 10.6 Å². The predicted molar refractivity (Wildman–Crippen MR) is 84.7 cm³/mol. The summed E-state index contributed by atoms with van der Waals surface area (Å²) in [4.78, 5) is 12.4. The summed E-state index contributed by atoms with van der Waals surface area (Å²) in [6, 6.07) is 5.21. The van der Waals surface area contributed by atoms with E-state index in [0.29, 0.717) is 22.8 Å². The van der Waals surface area contributed by atoms with Crippen LogP contribution in [-0.4, -0.2) is 38.0 Å². The smallest absolute Gasteiger partial charge is 0.251 e. The molecule has 1 amide bonds. The third-order valence-corrected chi connectivity index (χ3v) is 6.03. The molecule has 1 fully saturated rings. The fourth-order valence-electron chi connectivity index (χ4n) is 2.74. The van der Waals surface area contributed by atoms with Crippen molar-refractivity contribution in [2.24, 2.45) is 0 Å². The number of benzene rings is 1. The molecule has 2 aliphatic rings. The largest absolute Gasteiger partial charge is 0.488 e. The first-order valence-corrected chi connectivity index (χ1v) is 9.12. The molecule has 2 aliphatic heterocycles. The van der Waals surface area contributed by atoms with E-state index in [2.05, 4.69) is 5.32 Å². The summed E-state index contributed by atoms with van der Waals surface area (Å²) in [5.74, 6) is 0.459. The summed E-state index contributed by atoms with van der Waals surface area (Å²) in [6.07, 6.45) is 2.16. The Morgan fingerprint density at radius 2 is 2.18 bits per heavy atom. The molecule has 2 heterocycles. The molecule has 0 bridgehead atoms. The predicted octanol–water partition coefficient (Wildman–Crippen LogP) is 1.81. The van der Waals surface area contributed by atoms with Gasteiger partial charge in [-0.1, -0.05) is 11.6 Å². The average Bonchev–Trinajstić information content (AvgIpc) is 2.71. The van der Waals surface area contributed by atoms with E-state index < -0.39 is 15.4 Å². The van der Waals surface area contributed by atoms with Crippen molar-refractivity contribution < 1.29 is 17.9 Å². The Morgan fingerprint density at radius 1 is 1.41 bits per heavy atom. The molecule has 0 radical (unpaired) electrons. The maximum absolute atomic E-state index is 12.4. The molecule has 0 saturated carbocycles. The van der Waals surface area contributed by atoms with Crippen molar-refractivity contribution in [3.63, 3.8) is 0 Å². The molecule has 0 unspecified atom stereocenters. The third-order valence-electron chi connectivity index (χ3n) is 3.90. The van der Waals surface area contributed by atoms with E-state index >= 15 is 0 Å². The first-order chi connectivity index (χ1) is 10.3. The Balaban J connectivity index is 1.79. The number of carbonyl (C=O) groups excluding carboxylic acids is 1. The number of fused-ring (bicyclic) bond motifs is 1. The lowest BCUT2D eigenvalue weighted by Gasteiger charge is -2.26. The zero-order valence-electron chi connectivity index (χ0n) is 12.1. The second-order valence-electron chi connectivity index (χ2n) is 6.00. The van der Waals surface area contributed by atoms with Crippen molar-refractivity contribution in [2.75, 3.05) is 18.1 Å². The molecule has 1 atom stereocenters. The van der Waals surface area contributed by atoms with E-state index in [1.54, 1.807) is 31.2 Å². The molecule has 22 heavy (non-hydrogen) atoms. The average molecular weight is 342 g/mol. The monoisotopic (exact) mass is 341 g/mol. The highest BCUT2D eigenvalue weighted by atomic mass is 35.5. The summed E-state index contributed by atoms with van der Waals surface area (Å²) in [7, 11) is -3.07. The minimum absolute atomic E-state index is 0.0255. The van der Waals surface area contributed by atoms with E-state index in [-0.39, 0.29) is 24.0 Å². The van der Waals surface area contributed by atoms with Gasteiger partial charge < -0.3 is 10.1 Å². The molecule has 3 rings (SSSR count). The van der Waals surface area contributed by atoms with Crippen LogP contribution in [-0.2, 0) is 14.6 Å². The summed E-state index contributed by atoms with van der Waals surface area (Å²) in [6.45, 7) is 1.91. The molecule has 0 aromatic heterocycles. The molecule has 7 heteroatoms. The molecule has 1 aromatic carbocycles. The maximum Gasteiger partial charge on any atom is 0.251 e. The van der Waals surface area contributed by atoms with Crippen molar-refractivity contribution in [2.45, 2.75) is 18.9 Å². The first kappa shape index (κ1) is 15.4. The van der Waals surface area contributed by atoms with Crippen LogP contribution < -0.4 is 10.1 Å². The summed E-state index contributed by atoms with van der Waals surface area (Å²) < 4.78 is 28.7. The van der Waals surface area contributed by atoms with Crippen molar-refractivity contribution in [3.05, 3.63) is 34.4 Å². The highest BCUT2D eigenvalue weighted by Gasteiger charge is 2.40. The summed E-state index contributed by atoms with van der Waals surface area (Å²) in [5.41, 5.74) is 0.485. The number of sulfone groups is 1. The topological polar surface area (TPSA) is 72.5 Å². The number of carbonyl (C=O) groups is 1. The Labute approximate surface area is 134 Å². The molecule has 0 spiro atoms. The highest BCUT2D eigenvalue weighted by molar-refractivity contribution is 7.91. The lowest BCUT2D eigenvalue weighted by Crippen LogP contribution is -2.48. The summed E-state index contributed by atoms with van der Waals surface area (Å²) >= 11 is 5.94. The van der Waals surface area contributed by atoms with Gasteiger partial charge in [-0.05, 0) is 37.6 Å². The van der Waals surface area contributed by atoms with Crippen LogP contribution >= 0.6 is 11.6 Å². The van der Waals surface area contributed by atoms with Crippen LogP contribution in [0.3, 0.4) is 0 Å². The number of rotatable bonds is 2. The number of ether oxygens (including phenoxy) is 1. The van der Waals surface area contributed by atoms with Crippen molar-refractivity contribution in [3.8, 4) is 5.75 Å². The lowest BCUT2D eigenvalue weighted by atomic mass is 10.0. The second kappa shape index (κ2) is 5.28. The van der Waals surface area contributed by atoms with Crippen molar-refractivity contribution in [1.29, 1.82) is 0 Å². The van der Waals surface area contributed by atoms with Gasteiger partial charge in [-0.25, -0.2) is 8.42 Å². The van der Waals surface area contributed by atoms with E-state index in [0.717, 1.165) is 5.56 Å². The number of halogens is 1. The normalized spacial score (nSPS) is 25.8. The van der Waals surface area contributed by atoms with Gasteiger partial charge in [-0.3, -0.25) is 4.79 Å². The zero-order valence-corrected chi connectivity index (χ0v) is 13.6. The fraction of sp³-hybridized carbons (Fsp3) is 0.400. The molecule has 1 saturated heterocycles. The van der Waals surface area contributed by atoms with E-state index in [1.807, 2.05) is 0 Å². The molecular weight excluding hydrogens is 326 g/mol. The highest BCUT2D eigenvalue weighted by Crippen LogP contribution is 2.30. The lowest BCUT2D eigenvalue weighted by molar-refractivity contribution is -0.119. The van der Waals surface area contributed by atoms with E-state index in [4.69, 9.17) is 16.3 Å². The molecular formula is C15H16ClNO4S. The van der Waals surface area contributed by atoms with Gasteiger partial charge >= 0.3 is 0 Å². The molecule has 0 aliphatic carbocycles. The van der Waals surface area contributed by atoms with Gasteiger partial charge in [-0.15, -0.1) is 0 Å². The quantitative estimate of drug-likeness (QED) is 0.890. The van der Waals surface area contributed by atoms with Crippen LogP contribution in [0.1, 0.15) is 18.9 Å². The van der Waals surface area contributed by atoms with Crippen LogP contribution in [0.2, 0.25) is 5.02 Å². The number of hydrogen-bond acceptors (Lipinski definition) is 4. The summed E-state index contributed by atoms with van der Waals surface area (Å²) in [5, 5.41) is 3.39. The van der Waals surface area contributed by atoms with Crippen LogP contribution in [0, 0.1) is 0 Å². The van der Waals surface area contributed by atoms with Gasteiger partial charge in [0.05, 0.1) is 22.6 Å². The van der Waals surface area contributed by atoms with Crippen molar-refractivity contribution in [1.82, 2.24) is 5.32 Å². The van der Waals surface area contributed by atoms with Crippen LogP contribution in [0.15, 0.2) is 23.8 Å². The first-order valence-electron chi connectivity index (χ1n) is 6.92. The molecule has 5 nitrogen and oxygen atoms in total. The van der Waals surface area contributed by atoms with Gasteiger partial charge in [0.2, 0.25) is 0 Å². The maximum atomic E-state index is 12.4. The van der Waals surface area contributed by atoms with Crippen molar-refractivity contribution >= 4 is 33.4 Å². The molecule has 118 valence electrons. The Bertz CT molecular complexity index is 772. The Hall–Kier alpha value is -1.53. The molecule has 1 N–H and O–H groups in total. The number of nitrogens with one attached hydrogen (secondary N) is 1. The Kier molecular flexibility index (Phi) is 3.69. The standard InChI is InChI=1S/C15H16ClNO4S/c1-15(4-5-22(19,20)9-15)17-14(18)11-6-10-7-12(16)2-3-13(10)21-8-11/h2-3,6-7H,4-5,8-9H2,1H3,(H,17,18)/t15-/m1/s1. The van der Waals surface area contributed by atoms with Crippen LogP contribution in [0.4, 0.5) is 0 Å². The van der Waals surface area contributed by atoms with Gasteiger partial charge in [0.1, 0.15) is 12.4 Å².